The molecule has 0 heterocycles. The van der Waals surface area contributed by atoms with Crippen molar-refractivity contribution >= 4 is 11.6 Å². The van der Waals surface area contributed by atoms with E-state index in [4.69, 9.17) is 16.3 Å². The summed E-state index contributed by atoms with van der Waals surface area (Å²) in [5.74, 6) is 1.22. The molecule has 0 amide bonds. The predicted molar refractivity (Wildman–Crippen MR) is 81.2 cm³/mol. The summed E-state index contributed by atoms with van der Waals surface area (Å²) in [6, 6.07) is 12.6. The Morgan fingerprint density at radius 1 is 1.15 bits per heavy atom. The fourth-order valence-electron chi connectivity index (χ4n) is 2.03. The van der Waals surface area contributed by atoms with Gasteiger partial charge >= 0.3 is 0 Å². The molecule has 2 rings (SSSR count). The molecule has 2 aromatic carbocycles. The molecule has 1 atom stereocenters. The molecule has 0 aliphatic carbocycles. The molecule has 0 saturated heterocycles. The quantitative estimate of drug-likeness (QED) is 0.626. The van der Waals surface area contributed by atoms with Gasteiger partial charge in [0.1, 0.15) is 5.75 Å². The third-order valence-corrected chi connectivity index (χ3v) is 3.74. The molecular formula is C17H18ClFO. The lowest BCUT2D eigenvalue weighted by Gasteiger charge is -2.16. The van der Waals surface area contributed by atoms with E-state index >= 15 is 0 Å². The molecule has 0 spiro atoms. The molecule has 0 aliphatic heterocycles. The SMILES string of the molecule is CCC(C)c1ccccc1Oc1ccc(CCl)cc1F. The van der Waals surface area contributed by atoms with E-state index < -0.39 is 0 Å². The first-order chi connectivity index (χ1) is 9.65. The number of rotatable bonds is 5. The zero-order valence-corrected chi connectivity index (χ0v) is 12.5. The van der Waals surface area contributed by atoms with Crippen molar-refractivity contribution in [3.8, 4) is 11.5 Å². The summed E-state index contributed by atoms with van der Waals surface area (Å²) in [5.41, 5.74) is 1.84. The van der Waals surface area contributed by atoms with Gasteiger partial charge in [-0.1, -0.05) is 38.1 Å². The Morgan fingerprint density at radius 3 is 2.55 bits per heavy atom. The second kappa shape index (κ2) is 6.76. The standard InChI is InChI=1S/C17H18ClFO/c1-3-12(2)14-6-4-5-7-16(14)20-17-9-8-13(11-18)10-15(17)19/h4-10,12H,3,11H2,1-2H3. The Hall–Kier alpha value is -1.54. The summed E-state index contributed by atoms with van der Waals surface area (Å²) in [6.45, 7) is 4.26. The Kier molecular flexibility index (Phi) is 5.02. The first kappa shape index (κ1) is 14.9. The van der Waals surface area contributed by atoms with Gasteiger partial charge in [0.2, 0.25) is 0 Å². The Balaban J connectivity index is 2.30. The molecule has 0 fully saturated rings. The molecule has 0 aliphatic rings. The molecule has 0 N–H and O–H groups in total. The van der Waals surface area contributed by atoms with E-state index in [1.165, 1.54) is 6.07 Å². The normalized spacial score (nSPS) is 12.2. The highest BCUT2D eigenvalue weighted by molar-refractivity contribution is 6.17. The third-order valence-electron chi connectivity index (χ3n) is 3.43. The van der Waals surface area contributed by atoms with Crippen LogP contribution < -0.4 is 4.74 Å². The zero-order valence-electron chi connectivity index (χ0n) is 11.7. The van der Waals surface area contributed by atoms with Crippen molar-refractivity contribution < 1.29 is 9.13 Å². The van der Waals surface area contributed by atoms with Crippen molar-refractivity contribution in [3.63, 3.8) is 0 Å². The second-order valence-corrected chi connectivity index (χ2v) is 5.11. The van der Waals surface area contributed by atoms with Gasteiger partial charge in [0.25, 0.3) is 0 Å². The number of ether oxygens (including phenoxy) is 1. The average molecular weight is 293 g/mol. The Labute approximate surface area is 124 Å². The predicted octanol–water partition coefficient (Wildman–Crippen LogP) is 5.87. The average Bonchev–Trinajstić information content (AvgIpc) is 2.49. The van der Waals surface area contributed by atoms with E-state index in [0.29, 0.717) is 17.5 Å². The van der Waals surface area contributed by atoms with E-state index in [0.717, 1.165) is 17.5 Å². The Bertz CT molecular complexity index is 583. The molecule has 0 bridgehead atoms. The van der Waals surface area contributed by atoms with Gasteiger partial charge < -0.3 is 4.74 Å². The van der Waals surface area contributed by atoms with Crippen molar-refractivity contribution in [2.45, 2.75) is 32.1 Å². The van der Waals surface area contributed by atoms with E-state index in [1.807, 2.05) is 24.3 Å². The second-order valence-electron chi connectivity index (χ2n) is 4.85. The number of hydrogen-bond acceptors (Lipinski definition) is 1. The van der Waals surface area contributed by atoms with Crippen LogP contribution in [0.2, 0.25) is 0 Å². The highest BCUT2D eigenvalue weighted by Crippen LogP contribution is 2.33. The van der Waals surface area contributed by atoms with Crippen LogP contribution in [0.25, 0.3) is 0 Å². The van der Waals surface area contributed by atoms with Gasteiger partial charge in [0.05, 0.1) is 0 Å². The lowest BCUT2D eigenvalue weighted by atomic mass is 9.98. The summed E-state index contributed by atoms with van der Waals surface area (Å²) < 4.78 is 19.7. The van der Waals surface area contributed by atoms with Crippen molar-refractivity contribution in [1.82, 2.24) is 0 Å². The van der Waals surface area contributed by atoms with E-state index in [9.17, 15) is 4.39 Å². The summed E-state index contributed by atoms with van der Waals surface area (Å²) in [5, 5.41) is 0. The maximum atomic E-state index is 14.0. The van der Waals surface area contributed by atoms with Gasteiger partial charge in [0.15, 0.2) is 11.6 Å². The molecule has 106 valence electrons. The van der Waals surface area contributed by atoms with Crippen LogP contribution in [0.1, 0.15) is 37.3 Å². The monoisotopic (exact) mass is 292 g/mol. The number of benzene rings is 2. The molecule has 2 aromatic rings. The van der Waals surface area contributed by atoms with Crippen LogP contribution in [0.15, 0.2) is 42.5 Å². The van der Waals surface area contributed by atoms with Crippen LogP contribution in [0, 0.1) is 5.82 Å². The molecule has 20 heavy (non-hydrogen) atoms. The number of alkyl halides is 1. The minimum Gasteiger partial charge on any atom is -0.454 e. The topological polar surface area (TPSA) is 9.23 Å². The third kappa shape index (κ3) is 3.31. The van der Waals surface area contributed by atoms with Crippen LogP contribution in [-0.4, -0.2) is 0 Å². The molecule has 0 saturated carbocycles. The first-order valence-corrected chi connectivity index (χ1v) is 7.30. The van der Waals surface area contributed by atoms with Crippen LogP contribution in [-0.2, 0) is 5.88 Å². The zero-order chi connectivity index (χ0) is 14.5. The summed E-state index contributed by atoms with van der Waals surface area (Å²) in [4.78, 5) is 0. The van der Waals surface area contributed by atoms with E-state index in [1.54, 1.807) is 12.1 Å². The minimum absolute atomic E-state index is 0.231. The lowest BCUT2D eigenvalue weighted by Crippen LogP contribution is -1.97. The molecule has 0 aromatic heterocycles. The van der Waals surface area contributed by atoms with Crippen LogP contribution >= 0.6 is 11.6 Å². The largest absolute Gasteiger partial charge is 0.454 e. The number of halogens is 2. The molecule has 1 nitrogen and oxygen atoms in total. The Morgan fingerprint density at radius 2 is 1.90 bits per heavy atom. The van der Waals surface area contributed by atoms with Gasteiger partial charge in [-0.25, -0.2) is 4.39 Å². The van der Waals surface area contributed by atoms with E-state index in [-0.39, 0.29) is 11.6 Å². The summed E-state index contributed by atoms with van der Waals surface area (Å²) >= 11 is 5.69. The van der Waals surface area contributed by atoms with Crippen LogP contribution in [0.4, 0.5) is 4.39 Å². The summed E-state index contributed by atoms with van der Waals surface area (Å²) in [7, 11) is 0. The highest BCUT2D eigenvalue weighted by Gasteiger charge is 2.12. The van der Waals surface area contributed by atoms with Gasteiger partial charge in [-0.3, -0.25) is 0 Å². The van der Waals surface area contributed by atoms with Crippen molar-refractivity contribution in [2.24, 2.45) is 0 Å². The maximum Gasteiger partial charge on any atom is 0.166 e. The van der Waals surface area contributed by atoms with Crippen LogP contribution in [0.5, 0.6) is 11.5 Å². The summed E-state index contributed by atoms with van der Waals surface area (Å²) in [6.07, 6.45) is 1.01. The maximum absolute atomic E-state index is 14.0. The number of hydrogen-bond donors (Lipinski definition) is 0. The first-order valence-electron chi connectivity index (χ1n) is 6.76. The minimum atomic E-state index is -0.387. The molecule has 1 unspecified atom stereocenters. The van der Waals surface area contributed by atoms with E-state index in [2.05, 4.69) is 13.8 Å². The van der Waals surface area contributed by atoms with Gasteiger partial charge in [-0.2, -0.15) is 0 Å². The molecule has 3 heteroatoms. The van der Waals surface area contributed by atoms with Crippen molar-refractivity contribution in [2.75, 3.05) is 0 Å². The van der Waals surface area contributed by atoms with Crippen molar-refractivity contribution in [3.05, 3.63) is 59.4 Å². The van der Waals surface area contributed by atoms with Gasteiger partial charge in [0, 0.05) is 5.88 Å². The van der Waals surface area contributed by atoms with Crippen LogP contribution in [0.3, 0.4) is 0 Å². The lowest BCUT2D eigenvalue weighted by molar-refractivity contribution is 0.433. The molecule has 0 radical (unpaired) electrons. The van der Waals surface area contributed by atoms with Gasteiger partial charge in [-0.15, -0.1) is 11.6 Å². The fourth-order valence-corrected chi connectivity index (χ4v) is 2.20. The smallest absolute Gasteiger partial charge is 0.166 e. The molecular weight excluding hydrogens is 275 g/mol. The van der Waals surface area contributed by atoms with Gasteiger partial charge in [-0.05, 0) is 41.7 Å². The fraction of sp³-hybridized carbons (Fsp3) is 0.294. The van der Waals surface area contributed by atoms with Crippen molar-refractivity contribution in [1.29, 1.82) is 0 Å². The highest BCUT2D eigenvalue weighted by atomic mass is 35.5. The number of para-hydroxylation sites is 1.